The summed E-state index contributed by atoms with van der Waals surface area (Å²) in [7, 11) is 0. The molecule has 19 heavy (non-hydrogen) atoms. The predicted molar refractivity (Wildman–Crippen MR) is 71.5 cm³/mol. The van der Waals surface area contributed by atoms with Crippen molar-refractivity contribution < 1.29 is 20.8 Å². The van der Waals surface area contributed by atoms with Crippen molar-refractivity contribution in [2.75, 3.05) is 10.5 Å². The molecule has 0 atom stereocenters. The fourth-order valence-electron chi connectivity index (χ4n) is 2.33. The van der Waals surface area contributed by atoms with E-state index in [9.17, 15) is 20.8 Å². The van der Waals surface area contributed by atoms with Gasteiger partial charge in [-0.05, 0) is 42.9 Å². The summed E-state index contributed by atoms with van der Waals surface area (Å²) in [5.74, 6) is 0. The number of hydrogen-bond acceptors (Lipinski definition) is 6. The molecule has 0 saturated carbocycles. The minimum absolute atomic E-state index is 0.0371. The third-order valence-electron chi connectivity index (χ3n) is 3.46. The molecular formula is C13H22N2O4. The molecule has 0 fully saturated rings. The summed E-state index contributed by atoms with van der Waals surface area (Å²) >= 11 is 0. The summed E-state index contributed by atoms with van der Waals surface area (Å²) in [5, 5.41) is 38.0. The van der Waals surface area contributed by atoms with Gasteiger partial charge in [0.2, 0.25) is 0 Å². The highest BCUT2D eigenvalue weighted by Gasteiger charge is 2.31. The van der Waals surface area contributed by atoms with Gasteiger partial charge in [-0.2, -0.15) is 0 Å². The molecule has 6 heteroatoms. The Balaban J connectivity index is 3.92. The van der Waals surface area contributed by atoms with Gasteiger partial charge in [0.25, 0.3) is 0 Å². The predicted octanol–water partition coefficient (Wildman–Crippen LogP) is 3.08. The molecule has 0 aromatic heterocycles. The van der Waals surface area contributed by atoms with Gasteiger partial charge in [-0.25, -0.2) is 0 Å². The normalized spacial score (nSPS) is 11.7. The average molecular weight is 270 g/mol. The lowest BCUT2D eigenvalue weighted by Gasteiger charge is -2.32. The van der Waals surface area contributed by atoms with Gasteiger partial charge in [0.15, 0.2) is 0 Å². The van der Waals surface area contributed by atoms with Gasteiger partial charge in [-0.1, -0.05) is 20.8 Å². The molecule has 0 spiro atoms. The zero-order valence-corrected chi connectivity index (χ0v) is 12.2. The highest BCUT2D eigenvalue weighted by atomic mass is 16.8. The molecule has 1 rings (SSSR count). The number of rotatable bonds is 2. The molecule has 4 N–H and O–H groups in total. The fraction of sp³-hybridized carbons (Fsp3) is 0.538. The molecule has 1 aromatic carbocycles. The van der Waals surface area contributed by atoms with Crippen molar-refractivity contribution in [3.8, 4) is 0 Å². The molecule has 0 heterocycles. The Morgan fingerprint density at radius 1 is 0.684 bits per heavy atom. The molecule has 0 saturated heterocycles. The van der Waals surface area contributed by atoms with Crippen molar-refractivity contribution >= 4 is 11.4 Å². The Kier molecular flexibility index (Phi) is 4.11. The third-order valence-corrected chi connectivity index (χ3v) is 3.46. The van der Waals surface area contributed by atoms with Crippen molar-refractivity contribution in [1.29, 1.82) is 0 Å². The van der Waals surface area contributed by atoms with Gasteiger partial charge in [-0.15, -0.1) is 10.5 Å². The number of hydrogen-bond donors (Lipinski definition) is 4. The summed E-state index contributed by atoms with van der Waals surface area (Å²) in [6.45, 7) is 10.9. The van der Waals surface area contributed by atoms with E-state index >= 15 is 0 Å². The fourth-order valence-corrected chi connectivity index (χ4v) is 2.33. The first-order chi connectivity index (χ1) is 8.50. The molecule has 0 amide bonds. The number of anilines is 2. The minimum Gasteiger partial charge on any atom is -0.264 e. The summed E-state index contributed by atoms with van der Waals surface area (Å²) in [6.07, 6.45) is 0. The molecule has 6 nitrogen and oxygen atoms in total. The Morgan fingerprint density at radius 3 is 1.21 bits per heavy atom. The molecular weight excluding hydrogens is 248 g/mol. The van der Waals surface area contributed by atoms with E-state index in [0.717, 1.165) is 5.56 Å². The van der Waals surface area contributed by atoms with E-state index in [1.165, 1.54) is 0 Å². The van der Waals surface area contributed by atoms with Crippen molar-refractivity contribution in [3.63, 3.8) is 0 Å². The number of nitrogens with zero attached hydrogens (tertiary/aromatic N) is 2. The topological polar surface area (TPSA) is 87.4 Å². The van der Waals surface area contributed by atoms with E-state index < -0.39 is 5.41 Å². The third kappa shape index (κ3) is 2.66. The number of benzene rings is 1. The van der Waals surface area contributed by atoms with Crippen LogP contribution in [-0.4, -0.2) is 20.8 Å². The molecule has 0 aliphatic rings. The highest BCUT2D eigenvalue weighted by molar-refractivity contribution is 5.75. The van der Waals surface area contributed by atoms with Gasteiger partial charge in [0, 0.05) is 5.56 Å². The highest BCUT2D eigenvalue weighted by Crippen LogP contribution is 2.44. The molecule has 0 unspecified atom stereocenters. The van der Waals surface area contributed by atoms with Crippen molar-refractivity contribution in [3.05, 3.63) is 22.3 Å². The van der Waals surface area contributed by atoms with E-state index in [1.807, 2.05) is 20.8 Å². The van der Waals surface area contributed by atoms with Crippen LogP contribution in [0.3, 0.4) is 0 Å². The van der Waals surface area contributed by atoms with E-state index in [0.29, 0.717) is 16.7 Å². The largest absolute Gasteiger partial charge is 0.264 e. The van der Waals surface area contributed by atoms with Gasteiger partial charge >= 0.3 is 0 Å². The molecule has 0 aliphatic carbocycles. The SMILES string of the molecule is Cc1c(C)c(N(O)O)c(C(C)(C)C)c(N(O)O)c1C. The lowest BCUT2D eigenvalue weighted by Crippen LogP contribution is -2.27. The van der Waals surface area contributed by atoms with Crippen LogP contribution in [0, 0.1) is 20.8 Å². The van der Waals surface area contributed by atoms with Crippen LogP contribution < -0.4 is 10.5 Å². The van der Waals surface area contributed by atoms with E-state index in [2.05, 4.69) is 0 Å². The first-order valence-electron chi connectivity index (χ1n) is 6.00. The zero-order valence-electron chi connectivity index (χ0n) is 12.2. The second kappa shape index (κ2) is 4.97. The maximum atomic E-state index is 9.48. The minimum atomic E-state index is -0.513. The van der Waals surface area contributed by atoms with Crippen LogP contribution in [0.1, 0.15) is 43.0 Å². The summed E-state index contributed by atoms with van der Waals surface area (Å²) in [5.41, 5.74) is 2.39. The van der Waals surface area contributed by atoms with Crippen LogP contribution in [0.2, 0.25) is 0 Å². The molecule has 0 bridgehead atoms. The quantitative estimate of drug-likeness (QED) is 0.618. The van der Waals surface area contributed by atoms with Crippen LogP contribution in [-0.2, 0) is 5.41 Å². The Morgan fingerprint density at radius 2 is 1.00 bits per heavy atom. The maximum Gasteiger partial charge on any atom is 0.103 e. The van der Waals surface area contributed by atoms with Gasteiger partial charge in [0.1, 0.15) is 11.4 Å². The first-order valence-corrected chi connectivity index (χ1v) is 6.00. The van der Waals surface area contributed by atoms with E-state index in [-0.39, 0.29) is 21.8 Å². The first kappa shape index (κ1) is 15.7. The maximum absolute atomic E-state index is 9.48. The smallest absolute Gasteiger partial charge is 0.103 e. The Hall–Kier alpha value is -1.34. The van der Waals surface area contributed by atoms with Gasteiger partial charge < -0.3 is 0 Å². The molecule has 0 aliphatic heterocycles. The summed E-state index contributed by atoms with van der Waals surface area (Å²) in [6, 6.07) is 0. The molecule has 0 radical (unpaired) electrons. The molecule has 108 valence electrons. The monoisotopic (exact) mass is 270 g/mol. The average Bonchev–Trinajstić information content (AvgIpc) is 2.22. The molecule has 1 aromatic rings. The second-order valence-corrected chi connectivity index (χ2v) is 5.78. The van der Waals surface area contributed by atoms with Crippen LogP contribution in [0.15, 0.2) is 0 Å². The van der Waals surface area contributed by atoms with Crippen molar-refractivity contribution in [2.45, 2.75) is 47.0 Å². The van der Waals surface area contributed by atoms with Crippen molar-refractivity contribution in [1.82, 2.24) is 0 Å². The van der Waals surface area contributed by atoms with Crippen LogP contribution in [0.5, 0.6) is 0 Å². The van der Waals surface area contributed by atoms with Crippen LogP contribution in [0.25, 0.3) is 0 Å². The van der Waals surface area contributed by atoms with Gasteiger partial charge in [0.05, 0.1) is 0 Å². The van der Waals surface area contributed by atoms with Crippen molar-refractivity contribution in [2.24, 2.45) is 0 Å². The van der Waals surface area contributed by atoms with E-state index in [4.69, 9.17) is 0 Å². The summed E-state index contributed by atoms with van der Waals surface area (Å²) in [4.78, 5) is 0. The Bertz CT molecular complexity index is 455. The van der Waals surface area contributed by atoms with Gasteiger partial charge in [-0.3, -0.25) is 20.8 Å². The lowest BCUT2D eigenvalue weighted by atomic mass is 9.80. The zero-order chi connectivity index (χ0) is 15.1. The lowest BCUT2D eigenvalue weighted by molar-refractivity contribution is 0.0237. The van der Waals surface area contributed by atoms with E-state index in [1.54, 1.807) is 20.8 Å². The standard InChI is InChI=1S/C13H22N2O4/c1-7-8(2)11(14(16)17)10(13(4,5)6)12(9(7)3)15(18)19/h16-19H,1-6H3. The van der Waals surface area contributed by atoms with Crippen LogP contribution >= 0.6 is 0 Å². The van der Waals surface area contributed by atoms with Crippen LogP contribution in [0.4, 0.5) is 11.4 Å². The second-order valence-electron chi connectivity index (χ2n) is 5.78. The Labute approximate surface area is 112 Å². The summed E-state index contributed by atoms with van der Waals surface area (Å²) < 4.78 is 0.